The molecule has 1 heterocycles. The number of nitrogens with one attached hydrogen (secondary N) is 1. The summed E-state index contributed by atoms with van der Waals surface area (Å²) in [6, 6.07) is 6.24. The molecule has 0 amide bonds. The number of rotatable bonds is 5. The van der Waals surface area contributed by atoms with Gasteiger partial charge in [0.2, 0.25) is 0 Å². The van der Waals surface area contributed by atoms with E-state index in [-0.39, 0.29) is 6.04 Å². The molecule has 98 valence electrons. The monoisotopic (exact) mass is 265 g/mol. The predicted octanol–water partition coefficient (Wildman–Crippen LogP) is 3.99. The zero-order valence-electron chi connectivity index (χ0n) is 11.0. The number of hydrogen-bond acceptors (Lipinski definition) is 2. The van der Waals surface area contributed by atoms with Gasteiger partial charge in [0.25, 0.3) is 0 Å². The highest BCUT2D eigenvalue weighted by Gasteiger charge is 2.22. The molecule has 0 aliphatic carbocycles. The van der Waals surface area contributed by atoms with Gasteiger partial charge < -0.3 is 10.1 Å². The molecule has 1 aromatic rings. The number of aryl methyl sites for hydroxylation is 1. The van der Waals surface area contributed by atoms with E-state index in [1.165, 1.54) is 0 Å². The number of ether oxygens (including phenoxy) is 1. The van der Waals surface area contributed by atoms with Gasteiger partial charge in [-0.05, 0) is 37.1 Å². The van der Waals surface area contributed by atoms with Crippen molar-refractivity contribution >= 4 is 11.6 Å². The molecule has 0 spiro atoms. The van der Waals surface area contributed by atoms with E-state index < -0.39 is 0 Å². The van der Waals surface area contributed by atoms with Crippen LogP contribution in [0.15, 0.2) is 30.0 Å². The van der Waals surface area contributed by atoms with Crippen molar-refractivity contribution in [2.24, 2.45) is 0 Å². The summed E-state index contributed by atoms with van der Waals surface area (Å²) in [5, 5.41) is 4.35. The van der Waals surface area contributed by atoms with Crippen molar-refractivity contribution in [3.8, 4) is 0 Å². The van der Waals surface area contributed by atoms with Crippen molar-refractivity contribution in [1.82, 2.24) is 5.32 Å². The van der Waals surface area contributed by atoms with Crippen LogP contribution >= 0.6 is 11.6 Å². The van der Waals surface area contributed by atoms with E-state index >= 15 is 0 Å². The Morgan fingerprint density at radius 2 is 2.28 bits per heavy atom. The Kier molecular flexibility index (Phi) is 4.67. The number of halogens is 1. The Hall–Kier alpha value is -0.990. The average molecular weight is 266 g/mol. The lowest BCUT2D eigenvalue weighted by Crippen LogP contribution is -2.24. The maximum atomic E-state index is 6.42. The van der Waals surface area contributed by atoms with Crippen molar-refractivity contribution in [1.29, 1.82) is 0 Å². The fraction of sp³-hybridized carbons (Fsp3) is 0.467. The second kappa shape index (κ2) is 6.26. The van der Waals surface area contributed by atoms with Crippen LogP contribution in [0.3, 0.4) is 0 Å². The van der Waals surface area contributed by atoms with Crippen molar-refractivity contribution in [3.05, 3.63) is 46.2 Å². The largest absolute Gasteiger partial charge is 0.496 e. The molecule has 0 aromatic heterocycles. The van der Waals surface area contributed by atoms with Gasteiger partial charge in [0.05, 0.1) is 12.6 Å². The van der Waals surface area contributed by atoms with E-state index in [1.807, 2.05) is 19.1 Å². The normalized spacial score (nSPS) is 16.3. The van der Waals surface area contributed by atoms with Crippen molar-refractivity contribution in [2.75, 3.05) is 13.2 Å². The molecule has 1 aliphatic heterocycles. The highest BCUT2D eigenvalue weighted by molar-refractivity contribution is 6.32. The molecule has 0 saturated heterocycles. The van der Waals surface area contributed by atoms with Crippen LogP contribution in [-0.2, 0) is 4.74 Å². The summed E-state index contributed by atoms with van der Waals surface area (Å²) in [6.45, 7) is 5.93. The topological polar surface area (TPSA) is 21.3 Å². The van der Waals surface area contributed by atoms with Crippen molar-refractivity contribution < 1.29 is 4.74 Å². The van der Waals surface area contributed by atoms with Crippen LogP contribution in [0.4, 0.5) is 0 Å². The lowest BCUT2D eigenvalue weighted by Gasteiger charge is -2.22. The van der Waals surface area contributed by atoms with Gasteiger partial charge in [0.1, 0.15) is 5.76 Å². The van der Waals surface area contributed by atoms with Crippen molar-refractivity contribution in [2.45, 2.75) is 32.7 Å². The molecule has 1 unspecified atom stereocenters. The summed E-state index contributed by atoms with van der Waals surface area (Å²) in [7, 11) is 0. The Bertz CT molecular complexity index is 442. The molecule has 1 aromatic carbocycles. The van der Waals surface area contributed by atoms with E-state index in [2.05, 4.69) is 24.4 Å². The summed E-state index contributed by atoms with van der Waals surface area (Å²) in [6.07, 6.45) is 4.24. The average Bonchev–Trinajstić information content (AvgIpc) is 2.88. The van der Waals surface area contributed by atoms with Crippen LogP contribution in [0.5, 0.6) is 0 Å². The smallest absolute Gasteiger partial charge is 0.114 e. The summed E-state index contributed by atoms with van der Waals surface area (Å²) in [5.74, 6) is 1.01. The molecule has 0 saturated carbocycles. The fourth-order valence-electron chi connectivity index (χ4n) is 2.18. The third-order valence-electron chi connectivity index (χ3n) is 3.15. The van der Waals surface area contributed by atoms with Gasteiger partial charge in [-0.15, -0.1) is 0 Å². The summed E-state index contributed by atoms with van der Waals surface area (Å²) in [4.78, 5) is 0. The predicted molar refractivity (Wildman–Crippen MR) is 75.9 cm³/mol. The first-order valence-corrected chi connectivity index (χ1v) is 6.93. The summed E-state index contributed by atoms with van der Waals surface area (Å²) < 4.78 is 5.70. The fourth-order valence-corrected chi connectivity index (χ4v) is 2.42. The molecule has 0 radical (unpaired) electrons. The molecule has 2 nitrogen and oxygen atoms in total. The van der Waals surface area contributed by atoms with E-state index in [0.717, 1.165) is 47.9 Å². The first kappa shape index (κ1) is 13.4. The Morgan fingerprint density at radius 1 is 1.44 bits per heavy atom. The molecule has 18 heavy (non-hydrogen) atoms. The number of hydrogen-bond donors (Lipinski definition) is 1. The van der Waals surface area contributed by atoms with E-state index in [9.17, 15) is 0 Å². The summed E-state index contributed by atoms with van der Waals surface area (Å²) in [5.41, 5.74) is 2.22. The number of benzene rings is 1. The van der Waals surface area contributed by atoms with E-state index in [0.29, 0.717) is 0 Å². The SMILES string of the molecule is CCCNC(C1=CCCO1)c1cccc(C)c1Cl. The summed E-state index contributed by atoms with van der Waals surface area (Å²) >= 11 is 6.42. The standard InChI is InChI=1S/C15H20ClNO/c1-3-9-17-15(13-8-5-10-18-13)12-7-4-6-11(2)14(12)16/h4,6-8,15,17H,3,5,9-10H2,1-2H3. The molecular formula is C15H20ClNO. The van der Waals surface area contributed by atoms with Crippen LogP contribution in [0.2, 0.25) is 5.02 Å². The Morgan fingerprint density at radius 3 is 2.94 bits per heavy atom. The Balaban J connectivity index is 2.30. The zero-order valence-corrected chi connectivity index (χ0v) is 11.8. The second-order valence-corrected chi connectivity index (χ2v) is 4.99. The maximum Gasteiger partial charge on any atom is 0.114 e. The minimum absolute atomic E-state index is 0.0832. The molecule has 1 N–H and O–H groups in total. The van der Waals surface area contributed by atoms with Crippen LogP contribution in [0, 0.1) is 6.92 Å². The molecule has 0 fully saturated rings. The van der Waals surface area contributed by atoms with Gasteiger partial charge >= 0.3 is 0 Å². The van der Waals surface area contributed by atoms with E-state index in [4.69, 9.17) is 16.3 Å². The zero-order chi connectivity index (χ0) is 13.0. The highest BCUT2D eigenvalue weighted by atomic mass is 35.5. The third-order valence-corrected chi connectivity index (χ3v) is 3.66. The van der Waals surface area contributed by atoms with Gasteiger partial charge in [-0.2, -0.15) is 0 Å². The Labute approximate surface area is 114 Å². The van der Waals surface area contributed by atoms with Gasteiger partial charge in [-0.1, -0.05) is 36.7 Å². The maximum absolute atomic E-state index is 6.42. The van der Waals surface area contributed by atoms with Gasteiger partial charge in [-0.3, -0.25) is 0 Å². The lowest BCUT2D eigenvalue weighted by molar-refractivity contribution is 0.215. The van der Waals surface area contributed by atoms with Gasteiger partial charge in [0, 0.05) is 11.4 Å². The second-order valence-electron chi connectivity index (χ2n) is 4.61. The quantitative estimate of drug-likeness (QED) is 0.869. The molecule has 3 heteroatoms. The molecule has 2 rings (SSSR count). The van der Waals surface area contributed by atoms with Crippen LogP contribution in [0.25, 0.3) is 0 Å². The third kappa shape index (κ3) is 2.88. The molecule has 0 bridgehead atoms. The molecule has 1 aliphatic rings. The molecule has 1 atom stereocenters. The first-order chi connectivity index (χ1) is 8.74. The minimum atomic E-state index is 0.0832. The highest BCUT2D eigenvalue weighted by Crippen LogP contribution is 2.32. The first-order valence-electron chi connectivity index (χ1n) is 6.55. The van der Waals surface area contributed by atoms with Gasteiger partial charge in [0.15, 0.2) is 0 Å². The van der Waals surface area contributed by atoms with Crippen LogP contribution in [-0.4, -0.2) is 13.2 Å². The van der Waals surface area contributed by atoms with E-state index in [1.54, 1.807) is 0 Å². The molecular weight excluding hydrogens is 246 g/mol. The van der Waals surface area contributed by atoms with Crippen LogP contribution in [0.1, 0.15) is 36.9 Å². The van der Waals surface area contributed by atoms with Crippen LogP contribution < -0.4 is 5.32 Å². The minimum Gasteiger partial charge on any atom is -0.496 e. The van der Waals surface area contributed by atoms with Crippen molar-refractivity contribution in [3.63, 3.8) is 0 Å². The lowest BCUT2D eigenvalue weighted by atomic mass is 10.0. The van der Waals surface area contributed by atoms with Gasteiger partial charge in [-0.25, -0.2) is 0 Å².